The normalized spacial score (nSPS) is 12.0. The fraction of sp³-hybridized carbons (Fsp3) is 0.364. The molecule has 1 N–H and O–H groups in total. The van der Waals surface area contributed by atoms with E-state index in [0.717, 1.165) is 6.42 Å². The number of aliphatic hydroxyl groups excluding tert-OH is 1. The number of hydrogen-bond donors (Lipinski definition) is 1. The molecule has 1 unspecified atom stereocenters. The van der Waals surface area contributed by atoms with Crippen molar-refractivity contribution in [3.8, 4) is 6.07 Å². The Labute approximate surface area is 78.4 Å². The molecule has 0 aliphatic rings. The third-order valence-corrected chi connectivity index (χ3v) is 1.94. The van der Waals surface area contributed by atoms with Crippen molar-refractivity contribution in [3.63, 3.8) is 0 Å². The van der Waals surface area contributed by atoms with Gasteiger partial charge >= 0.3 is 0 Å². The number of nitriles is 1. The van der Waals surface area contributed by atoms with Crippen molar-refractivity contribution in [3.05, 3.63) is 35.9 Å². The topological polar surface area (TPSA) is 44.0 Å². The van der Waals surface area contributed by atoms with E-state index in [-0.39, 0.29) is 6.42 Å². The van der Waals surface area contributed by atoms with E-state index in [4.69, 9.17) is 5.26 Å². The average molecular weight is 175 g/mol. The third-order valence-electron chi connectivity index (χ3n) is 1.94. The maximum absolute atomic E-state index is 9.29. The monoisotopic (exact) mass is 175 g/mol. The van der Waals surface area contributed by atoms with Gasteiger partial charge in [-0.15, -0.1) is 0 Å². The van der Waals surface area contributed by atoms with Gasteiger partial charge in [-0.25, -0.2) is 0 Å². The number of rotatable bonds is 4. The third kappa shape index (κ3) is 3.73. The van der Waals surface area contributed by atoms with Crippen molar-refractivity contribution >= 4 is 0 Å². The molecule has 13 heavy (non-hydrogen) atoms. The predicted molar refractivity (Wildman–Crippen MR) is 51.0 cm³/mol. The molecule has 1 aromatic rings. The van der Waals surface area contributed by atoms with E-state index in [2.05, 4.69) is 0 Å². The summed E-state index contributed by atoms with van der Waals surface area (Å²) in [7, 11) is 0. The smallest absolute Gasteiger partial charge is 0.0673 e. The molecule has 0 heterocycles. The molecule has 0 fully saturated rings. The summed E-state index contributed by atoms with van der Waals surface area (Å²) in [6.45, 7) is 0. The molecule has 1 rings (SSSR count). The van der Waals surface area contributed by atoms with Crippen LogP contribution in [0.1, 0.15) is 18.4 Å². The van der Waals surface area contributed by atoms with Crippen molar-refractivity contribution in [2.75, 3.05) is 0 Å². The Morgan fingerprint density at radius 1 is 1.31 bits per heavy atom. The molecule has 0 saturated heterocycles. The van der Waals surface area contributed by atoms with Crippen LogP contribution in [0.3, 0.4) is 0 Å². The molecular weight excluding hydrogens is 162 g/mol. The minimum Gasteiger partial charge on any atom is -0.392 e. The Hall–Kier alpha value is -1.33. The Balaban J connectivity index is 2.32. The largest absolute Gasteiger partial charge is 0.392 e. The van der Waals surface area contributed by atoms with Gasteiger partial charge in [0.25, 0.3) is 0 Å². The van der Waals surface area contributed by atoms with Crippen LogP contribution < -0.4 is 0 Å². The van der Waals surface area contributed by atoms with Crippen LogP contribution in [0.25, 0.3) is 0 Å². The van der Waals surface area contributed by atoms with Crippen LogP contribution in [0.15, 0.2) is 30.3 Å². The van der Waals surface area contributed by atoms with E-state index in [9.17, 15) is 5.11 Å². The molecule has 68 valence electrons. The molecule has 1 atom stereocenters. The molecule has 0 radical (unpaired) electrons. The minimum atomic E-state index is -0.481. The fourth-order valence-electron chi connectivity index (χ4n) is 1.19. The Morgan fingerprint density at radius 3 is 2.62 bits per heavy atom. The summed E-state index contributed by atoms with van der Waals surface area (Å²) in [5.41, 5.74) is 1.21. The molecule has 2 nitrogen and oxygen atoms in total. The van der Waals surface area contributed by atoms with Crippen molar-refractivity contribution < 1.29 is 5.11 Å². The first-order chi connectivity index (χ1) is 6.33. The molecule has 0 aliphatic carbocycles. The lowest BCUT2D eigenvalue weighted by Crippen LogP contribution is -2.06. The van der Waals surface area contributed by atoms with E-state index in [1.165, 1.54) is 5.56 Å². The summed E-state index contributed by atoms with van der Waals surface area (Å²) >= 11 is 0. The van der Waals surface area contributed by atoms with E-state index >= 15 is 0 Å². The van der Waals surface area contributed by atoms with Gasteiger partial charge in [0.2, 0.25) is 0 Å². The summed E-state index contributed by atoms with van der Waals surface area (Å²) in [6.07, 6.45) is 1.25. The van der Waals surface area contributed by atoms with Gasteiger partial charge in [-0.1, -0.05) is 30.3 Å². The highest BCUT2D eigenvalue weighted by Gasteiger charge is 2.02. The Morgan fingerprint density at radius 2 is 2.00 bits per heavy atom. The lowest BCUT2D eigenvalue weighted by molar-refractivity contribution is 0.170. The molecule has 0 aromatic heterocycles. The maximum atomic E-state index is 9.29. The van der Waals surface area contributed by atoms with Crippen molar-refractivity contribution in [2.24, 2.45) is 0 Å². The number of hydrogen-bond acceptors (Lipinski definition) is 2. The first-order valence-corrected chi connectivity index (χ1v) is 4.42. The van der Waals surface area contributed by atoms with Crippen LogP contribution >= 0.6 is 0 Å². The predicted octanol–water partition coefficient (Wildman–Crippen LogP) is 1.89. The average Bonchev–Trinajstić information content (AvgIpc) is 2.17. The first-order valence-electron chi connectivity index (χ1n) is 4.42. The second kappa shape index (κ2) is 5.34. The van der Waals surface area contributed by atoms with Gasteiger partial charge in [0.1, 0.15) is 0 Å². The fourth-order valence-corrected chi connectivity index (χ4v) is 1.19. The molecular formula is C11H13NO. The molecule has 0 aliphatic heterocycles. The van der Waals surface area contributed by atoms with Gasteiger partial charge < -0.3 is 5.11 Å². The van der Waals surface area contributed by atoms with Gasteiger partial charge in [0, 0.05) is 0 Å². The standard InChI is InChI=1S/C11H13NO/c12-9-8-11(13)7-6-10-4-2-1-3-5-10/h1-5,11,13H,6-8H2. The Bertz CT molecular complexity index is 276. The second-order valence-corrected chi connectivity index (χ2v) is 3.04. The molecule has 1 aromatic carbocycles. The summed E-state index contributed by atoms with van der Waals surface area (Å²) < 4.78 is 0. The summed E-state index contributed by atoms with van der Waals surface area (Å²) in [5.74, 6) is 0. The van der Waals surface area contributed by atoms with Gasteiger partial charge in [0.05, 0.1) is 18.6 Å². The molecule has 0 saturated carbocycles. The number of benzene rings is 1. The molecule has 0 amide bonds. The van der Waals surface area contributed by atoms with Crippen molar-refractivity contribution in [2.45, 2.75) is 25.4 Å². The van der Waals surface area contributed by atoms with Crippen LogP contribution in [-0.4, -0.2) is 11.2 Å². The molecule has 2 heteroatoms. The van der Waals surface area contributed by atoms with Crippen LogP contribution in [0.4, 0.5) is 0 Å². The number of aliphatic hydroxyl groups is 1. The quantitative estimate of drug-likeness (QED) is 0.759. The number of aryl methyl sites for hydroxylation is 1. The Kier molecular flexibility index (Phi) is 4.01. The van der Waals surface area contributed by atoms with Gasteiger partial charge in [0.15, 0.2) is 0 Å². The first kappa shape index (κ1) is 9.76. The lowest BCUT2D eigenvalue weighted by Gasteiger charge is -2.05. The second-order valence-electron chi connectivity index (χ2n) is 3.04. The molecule has 0 bridgehead atoms. The van der Waals surface area contributed by atoms with Crippen LogP contribution in [0, 0.1) is 11.3 Å². The zero-order valence-electron chi connectivity index (χ0n) is 7.48. The van der Waals surface area contributed by atoms with E-state index in [1.807, 2.05) is 36.4 Å². The summed E-state index contributed by atoms with van der Waals surface area (Å²) in [6, 6.07) is 11.9. The van der Waals surface area contributed by atoms with Crippen LogP contribution in [0.5, 0.6) is 0 Å². The SMILES string of the molecule is N#CCC(O)CCc1ccccc1. The van der Waals surface area contributed by atoms with E-state index < -0.39 is 6.10 Å². The minimum absolute atomic E-state index is 0.229. The van der Waals surface area contributed by atoms with Gasteiger partial charge in [-0.3, -0.25) is 0 Å². The zero-order chi connectivity index (χ0) is 9.52. The zero-order valence-corrected chi connectivity index (χ0v) is 7.48. The van der Waals surface area contributed by atoms with Gasteiger partial charge in [-0.2, -0.15) is 5.26 Å². The van der Waals surface area contributed by atoms with E-state index in [0.29, 0.717) is 6.42 Å². The van der Waals surface area contributed by atoms with Crippen LogP contribution in [-0.2, 0) is 6.42 Å². The van der Waals surface area contributed by atoms with E-state index in [1.54, 1.807) is 0 Å². The van der Waals surface area contributed by atoms with Gasteiger partial charge in [-0.05, 0) is 18.4 Å². The highest BCUT2D eigenvalue weighted by atomic mass is 16.3. The summed E-state index contributed by atoms with van der Waals surface area (Å²) in [5, 5.41) is 17.6. The van der Waals surface area contributed by atoms with Crippen molar-refractivity contribution in [1.82, 2.24) is 0 Å². The summed E-state index contributed by atoms with van der Waals surface area (Å²) in [4.78, 5) is 0. The lowest BCUT2D eigenvalue weighted by atomic mass is 10.1. The maximum Gasteiger partial charge on any atom is 0.0673 e. The van der Waals surface area contributed by atoms with Crippen molar-refractivity contribution in [1.29, 1.82) is 5.26 Å². The number of nitrogens with zero attached hydrogens (tertiary/aromatic N) is 1. The van der Waals surface area contributed by atoms with Crippen LogP contribution in [0.2, 0.25) is 0 Å². The highest BCUT2D eigenvalue weighted by molar-refractivity contribution is 5.14. The molecule has 0 spiro atoms. The highest BCUT2D eigenvalue weighted by Crippen LogP contribution is 2.06.